The first kappa shape index (κ1) is 14.0. The summed E-state index contributed by atoms with van der Waals surface area (Å²) in [7, 11) is -2.24. The number of hydrogen-bond acceptors (Lipinski definition) is 2. The summed E-state index contributed by atoms with van der Waals surface area (Å²) < 4.78 is 24.8. The molecule has 2 aromatic rings. The largest absolute Gasteiger partial charge is 0.320 e. The molecular weight excluding hydrogens is 260 g/mol. The Morgan fingerprint density at radius 3 is 1.79 bits per heavy atom. The Labute approximate surface area is 112 Å². The molecule has 0 aliphatic rings. The van der Waals surface area contributed by atoms with Gasteiger partial charge in [-0.05, 0) is 36.6 Å². The van der Waals surface area contributed by atoms with Gasteiger partial charge in [-0.15, -0.1) is 0 Å². The quantitative estimate of drug-likeness (QED) is 0.876. The predicted molar refractivity (Wildman–Crippen MR) is 78.0 cm³/mol. The van der Waals surface area contributed by atoms with Crippen LogP contribution in [0.3, 0.4) is 0 Å². The molecule has 0 radical (unpaired) electrons. The highest BCUT2D eigenvalue weighted by atomic mass is 31.2. The molecule has 4 heteroatoms. The SMILES string of the molecule is CP(C)(=O)c1ccc([C@@H](N)c2ccc(F)cc2)cc1. The molecule has 0 bridgehead atoms. The zero-order valence-electron chi connectivity index (χ0n) is 11.0. The van der Waals surface area contributed by atoms with Gasteiger partial charge < -0.3 is 10.3 Å². The number of hydrogen-bond donors (Lipinski definition) is 1. The Morgan fingerprint density at radius 2 is 1.37 bits per heavy atom. The van der Waals surface area contributed by atoms with Crippen molar-refractivity contribution in [1.82, 2.24) is 0 Å². The van der Waals surface area contributed by atoms with Crippen LogP contribution >= 0.6 is 7.14 Å². The van der Waals surface area contributed by atoms with Gasteiger partial charge in [-0.25, -0.2) is 4.39 Å². The van der Waals surface area contributed by atoms with Gasteiger partial charge in [-0.3, -0.25) is 0 Å². The Hall–Kier alpha value is -1.44. The zero-order valence-corrected chi connectivity index (χ0v) is 11.9. The molecule has 2 aromatic carbocycles. The van der Waals surface area contributed by atoms with E-state index < -0.39 is 7.14 Å². The highest BCUT2D eigenvalue weighted by molar-refractivity contribution is 7.70. The molecule has 0 aliphatic heterocycles. The highest BCUT2D eigenvalue weighted by Crippen LogP contribution is 2.34. The molecule has 0 heterocycles. The van der Waals surface area contributed by atoms with Crippen LogP contribution < -0.4 is 11.0 Å². The Bertz CT molecular complexity index is 601. The van der Waals surface area contributed by atoms with Gasteiger partial charge in [0.05, 0.1) is 6.04 Å². The summed E-state index contributed by atoms with van der Waals surface area (Å²) in [6.07, 6.45) is 0. The molecule has 0 spiro atoms. The number of benzene rings is 2. The van der Waals surface area contributed by atoms with Gasteiger partial charge in [-0.1, -0.05) is 36.4 Å². The van der Waals surface area contributed by atoms with E-state index in [0.29, 0.717) is 0 Å². The van der Waals surface area contributed by atoms with Crippen LogP contribution in [-0.2, 0) is 4.57 Å². The van der Waals surface area contributed by atoms with Gasteiger partial charge in [0, 0.05) is 5.30 Å². The van der Waals surface area contributed by atoms with E-state index in [9.17, 15) is 8.96 Å². The molecule has 2 nitrogen and oxygen atoms in total. The summed E-state index contributed by atoms with van der Waals surface area (Å²) in [4.78, 5) is 0. The second kappa shape index (κ2) is 5.28. The van der Waals surface area contributed by atoms with Crippen LogP contribution in [0.1, 0.15) is 17.2 Å². The minimum atomic E-state index is -2.24. The van der Waals surface area contributed by atoms with Gasteiger partial charge in [0.25, 0.3) is 0 Å². The van der Waals surface area contributed by atoms with Crippen molar-refractivity contribution in [3.8, 4) is 0 Å². The first-order valence-electron chi connectivity index (χ1n) is 6.04. The Balaban J connectivity index is 2.27. The minimum absolute atomic E-state index is 0.274. The summed E-state index contributed by atoms with van der Waals surface area (Å²) in [6.45, 7) is 3.48. The fourth-order valence-electron chi connectivity index (χ4n) is 1.90. The molecule has 0 aliphatic carbocycles. The zero-order chi connectivity index (χ0) is 14.0. The van der Waals surface area contributed by atoms with Crippen LogP contribution in [0.5, 0.6) is 0 Å². The Morgan fingerprint density at radius 1 is 0.947 bits per heavy atom. The van der Waals surface area contributed by atoms with E-state index in [1.807, 2.05) is 24.3 Å². The summed E-state index contributed by atoms with van der Waals surface area (Å²) in [6, 6.07) is 13.3. The van der Waals surface area contributed by atoms with Crippen LogP contribution in [0.15, 0.2) is 48.5 Å². The molecular formula is C15H17FNOP. The lowest BCUT2D eigenvalue weighted by Crippen LogP contribution is -2.13. The first-order valence-corrected chi connectivity index (χ1v) is 8.64. The van der Waals surface area contributed by atoms with Crippen molar-refractivity contribution < 1.29 is 8.96 Å². The maximum Gasteiger partial charge on any atom is 0.123 e. The van der Waals surface area contributed by atoms with E-state index >= 15 is 0 Å². The number of nitrogens with two attached hydrogens (primary N) is 1. The molecule has 0 fully saturated rings. The molecule has 0 saturated carbocycles. The minimum Gasteiger partial charge on any atom is -0.320 e. The standard InChI is InChI=1S/C15H17FNOP/c1-19(2,18)14-9-5-12(6-10-14)15(17)11-3-7-13(16)8-4-11/h3-10,15H,17H2,1-2H3/t15-/m0/s1. The van der Waals surface area contributed by atoms with Crippen molar-refractivity contribution >= 4 is 12.4 Å². The number of rotatable bonds is 3. The van der Waals surface area contributed by atoms with Crippen LogP contribution in [0, 0.1) is 5.82 Å². The molecule has 2 N–H and O–H groups in total. The third-order valence-corrected chi connectivity index (χ3v) is 4.64. The topological polar surface area (TPSA) is 43.1 Å². The van der Waals surface area contributed by atoms with Crippen LogP contribution in [0.2, 0.25) is 0 Å². The van der Waals surface area contributed by atoms with Crippen molar-refractivity contribution in [2.24, 2.45) is 5.73 Å². The smallest absolute Gasteiger partial charge is 0.123 e. The summed E-state index contributed by atoms with van der Waals surface area (Å²) in [5.74, 6) is -0.274. The van der Waals surface area contributed by atoms with E-state index in [-0.39, 0.29) is 11.9 Å². The third kappa shape index (κ3) is 3.31. The molecule has 100 valence electrons. The van der Waals surface area contributed by atoms with Gasteiger partial charge >= 0.3 is 0 Å². The summed E-state index contributed by atoms with van der Waals surface area (Å²) in [5, 5.41) is 0.836. The van der Waals surface area contributed by atoms with Crippen molar-refractivity contribution in [3.05, 3.63) is 65.5 Å². The Kier molecular flexibility index (Phi) is 3.88. The lowest BCUT2D eigenvalue weighted by atomic mass is 10.00. The highest BCUT2D eigenvalue weighted by Gasteiger charge is 2.13. The third-order valence-electron chi connectivity index (χ3n) is 3.10. The average Bonchev–Trinajstić information content (AvgIpc) is 2.38. The van der Waals surface area contributed by atoms with Gasteiger partial charge in [0.2, 0.25) is 0 Å². The second-order valence-corrected chi connectivity index (χ2v) is 8.19. The van der Waals surface area contributed by atoms with Gasteiger partial charge in [-0.2, -0.15) is 0 Å². The average molecular weight is 277 g/mol. The number of halogens is 1. The van der Waals surface area contributed by atoms with Gasteiger partial charge in [0.1, 0.15) is 13.0 Å². The van der Waals surface area contributed by atoms with E-state index in [4.69, 9.17) is 5.73 Å². The van der Waals surface area contributed by atoms with E-state index in [2.05, 4.69) is 0 Å². The van der Waals surface area contributed by atoms with E-state index in [1.54, 1.807) is 25.5 Å². The summed E-state index contributed by atoms with van der Waals surface area (Å²) >= 11 is 0. The molecule has 0 unspecified atom stereocenters. The fraction of sp³-hybridized carbons (Fsp3) is 0.200. The van der Waals surface area contributed by atoms with Crippen LogP contribution in [0.4, 0.5) is 4.39 Å². The molecule has 1 atom stereocenters. The fourth-order valence-corrected chi connectivity index (χ4v) is 2.77. The lowest BCUT2D eigenvalue weighted by Gasteiger charge is -2.14. The van der Waals surface area contributed by atoms with Crippen molar-refractivity contribution in [2.75, 3.05) is 13.3 Å². The molecule has 0 saturated heterocycles. The van der Waals surface area contributed by atoms with Crippen LogP contribution in [0.25, 0.3) is 0 Å². The lowest BCUT2D eigenvalue weighted by molar-refractivity contribution is 0.588. The van der Waals surface area contributed by atoms with E-state index in [0.717, 1.165) is 16.4 Å². The van der Waals surface area contributed by atoms with Crippen LogP contribution in [-0.4, -0.2) is 13.3 Å². The second-order valence-electron chi connectivity index (χ2n) is 4.97. The van der Waals surface area contributed by atoms with Crippen molar-refractivity contribution in [3.63, 3.8) is 0 Å². The molecule has 0 amide bonds. The molecule has 0 aromatic heterocycles. The summed E-state index contributed by atoms with van der Waals surface area (Å²) in [5.41, 5.74) is 7.91. The van der Waals surface area contributed by atoms with E-state index in [1.165, 1.54) is 12.1 Å². The van der Waals surface area contributed by atoms with Crippen molar-refractivity contribution in [2.45, 2.75) is 6.04 Å². The molecule has 19 heavy (non-hydrogen) atoms. The molecule has 2 rings (SSSR count). The first-order chi connectivity index (χ1) is 8.88. The van der Waals surface area contributed by atoms with Gasteiger partial charge in [0.15, 0.2) is 0 Å². The maximum atomic E-state index is 12.9. The van der Waals surface area contributed by atoms with Crippen molar-refractivity contribution in [1.29, 1.82) is 0 Å². The normalized spacial score (nSPS) is 13.3. The monoisotopic (exact) mass is 277 g/mol. The maximum absolute atomic E-state index is 12.9. The predicted octanol–water partition coefficient (Wildman–Crippen LogP) is 3.12.